The molecule has 0 aliphatic carbocycles. The van der Waals surface area contributed by atoms with E-state index < -0.39 is 0 Å². The van der Waals surface area contributed by atoms with Crippen molar-refractivity contribution in [3.63, 3.8) is 0 Å². The van der Waals surface area contributed by atoms with Crippen molar-refractivity contribution in [3.8, 4) is 5.75 Å². The Morgan fingerprint density at radius 3 is 2.11 bits per heavy atom. The summed E-state index contributed by atoms with van der Waals surface area (Å²) in [5, 5.41) is 7.40. The standard InChI is InChI=1S/C21H17BrCl2N2O2/c22-19-11-14(12-25-17-6-2-15(23)3-7-17)1-10-20(19)28-13-21(27)26-18-8-4-16(24)5-9-18/h1-11,25H,12-13H2,(H,26,27). The average molecular weight is 480 g/mol. The smallest absolute Gasteiger partial charge is 0.262 e. The number of ether oxygens (including phenoxy) is 1. The van der Waals surface area contributed by atoms with Crippen molar-refractivity contribution in [1.82, 2.24) is 0 Å². The Morgan fingerprint density at radius 2 is 1.50 bits per heavy atom. The minimum Gasteiger partial charge on any atom is -0.483 e. The molecule has 0 aliphatic heterocycles. The van der Waals surface area contributed by atoms with E-state index in [1.807, 2.05) is 42.5 Å². The van der Waals surface area contributed by atoms with Crippen LogP contribution >= 0.6 is 39.1 Å². The molecule has 3 rings (SSSR count). The lowest BCUT2D eigenvalue weighted by atomic mass is 10.2. The van der Waals surface area contributed by atoms with E-state index in [9.17, 15) is 4.79 Å². The second kappa shape index (κ2) is 9.82. The van der Waals surface area contributed by atoms with Crippen LogP contribution in [0.4, 0.5) is 11.4 Å². The van der Waals surface area contributed by atoms with Gasteiger partial charge in [-0.3, -0.25) is 4.79 Å². The Kier molecular flexibility index (Phi) is 7.20. The summed E-state index contributed by atoms with van der Waals surface area (Å²) in [4.78, 5) is 12.0. The monoisotopic (exact) mass is 478 g/mol. The van der Waals surface area contributed by atoms with Crippen LogP contribution in [-0.4, -0.2) is 12.5 Å². The fourth-order valence-corrected chi connectivity index (χ4v) is 3.21. The highest BCUT2D eigenvalue weighted by Crippen LogP contribution is 2.26. The van der Waals surface area contributed by atoms with E-state index in [0.717, 1.165) is 15.7 Å². The molecule has 0 aliphatic rings. The first-order valence-corrected chi connectivity index (χ1v) is 10.0. The van der Waals surface area contributed by atoms with Gasteiger partial charge in [-0.1, -0.05) is 29.3 Å². The highest BCUT2D eigenvalue weighted by atomic mass is 79.9. The molecule has 0 heterocycles. The van der Waals surface area contributed by atoms with Gasteiger partial charge in [-0.25, -0.2) is 0 Å². The van der Waals surface area contributed by atoms with Gasteiger partial charge >= 0.3 is 0 Å². The first kappa shape index (κ1) is 20.5. The van der Waals surface area contributed by atoms with Gasteiger partial charge in [0.2, 0.25) is 0 Å². The fraction of sp³-hybridized carbons (Fsp3) is 0.0952. The van der Waals surface area contributed by atoms with Gasteiger partial charge in [0.25, 0.3) is 5.91 Å². The molecule has 2 N–H and O–H groups in total. The molecule has 28 heavy (non-hydrogen) atoms. The third kappa shape index (κ3) is 6.16. The molecular weight excluding hydrogens is 463 g/mol. The lowest BCUT2D eigenvalue weighted by molar-refractivity contribution is -0.118. The summed E-state index contributed by atoms with van der Waals surface area (Å²) in [5.74, 6) is 0.351. The number of hydrogen-bond acceptors (Lipinski definition) is 3. The minimum absolute atomic E-state index is 0.0937. The molecule has 0 spiro atoms. The number of nitrogens with one attached hydrogen (secondary N) is 2. The van der Waals surface area contributed by atoms with Gasteiger partial charge in [-0.2, -0.15) is 0 Å². The van der Waals surface area contributed by atoms with Crippen molar-refractivity contribution in [3.05, 3.63) is 86.8 Å². The number of rotatable bonds is 7. The third-order valence-electron chi connectivity index (χ3n) is 3.82. The minimum atomic E-state index is -0.247. The maximum atomic E-state index is 12.0. The Balaban J connectivity index is 1.51. The largest absolute Gasteiger partial charge is 0.483 e. The maximum Gasteiger partial charge on any atom is 0.262 e. The zero-order chi connectivity index (χ0) is 19.9. The number of hydrogen-bond donors (Lipinski definition) is 2. The van der Waals surface area contributed by atoms with Crippen LogP contribution in [0.5, 0.6) is 5.75 Å². The van der Waals surface area contributed by atoms with Gasteiger partial charge in [-0.05, 0) is 82.2 Å². The normalized spacial score (nSPS) is 10.4. The van der Waals surface area contributed by atoms with Crippen molar-refractivity contribution in [2.45, 2.75) is 6.54 Å². The van der Waals surface area contributed by atoms with Crippen LogP contribution in [-0.2, 0) is 11.3 Å². The average Bonchev–Trinajstić information content (AvgIpc) is 2.68. The Labute approximate surface area is 181 Å². The summed E-state index contributed by atoms with van der Waals surface area (Å²) < 4.78 is 6.39. The SMILES string of the molecule is O=C(COc1ccc(CNc2ccc(Cl)cc2)cc1Br)Nc1ccc(Cl)cc1. The Hall–Kier alpha value is -2.21. The molecule has 3 aromatic carbocycles. The summed E-state index contributed by atoms with van der Waals surface area (Å²) in [6.07, 6.45) is 0. The topological polar surface area (TPSA) is 50.4 Å². The molecular formula is C21H17BrCl2N2O2. The van der Waals surface area contributed by atoms with Crippen molar-refractivity contribution < 1.29 is 9.53 Å². The van der Waals surface area contributed by atoms with Crippen LogP contribution in [0.3, 0.4) is 0 Å². The van der Waals surface area contributed by atoms with Gasteiger partial charge in [-0.15, -0.1) is 0 Å². The molecule has 0 fully saturated rings. The molecule has 0 saturated carbocycles. The second-order valence-electron chi connectivity index (χ2n) is 5.97. The highest BCUT2D eigenvalue weighted by Gasteiger charge is 2.07. The second-order valence-corrected chi connectivity index (χ2v) is 7.70. The van der Waals surface area contributed by atoms with Crippen molar-refractivity contribution in [2.24, 2.45) is 0 Å². The van der Waals surface area contributed by atoms with E-state index >= 15 is 0 Å². The van der Waals surface area contributed by atoms with Crippen molar-refractivity contribution in [2.75, 3.05) is 17.2 Å². The molecule has 0 saturated heterocycles. The number of anilines is 2. The Bertz CT molecular complexity index is 948. The van der Waals surface area contributed by atoms with Crippen LogP contribution in [0.25, 0.3) is 0 Å². The van der Waals surface area contributed by atoms with E-state index in [4.69, 9.17) is 27.9 Å². The van der Waals surface area contributed by atoms with Gasteiger partial charge < -0.3 is 15.4 Å². The van der Waals surface area contributed by atoms with Crippen LogP contribution in [0.1, 0.15) is 5.56 Å². The quantitative estimate of drug-likeness (QED) is 0.413. The molecule has 0 aromatic heterocycles. The molecule has 4 nitrogen and oxygen atoms in total. The van der Waals surface area contributed by atoms with Crippen LogP contribution in [0.2, 0.25) is 10.0 Å². The summed E-state index contributed by atoms with van der Waals surface area (Å²) in [7, 11) is 0. The fourth-order valence-electron chi connectivity index (χ4n) is 2.42. The predicted octanol–water partition coefficient (Wildman–Crippen LogP) is 6.39. The number of carbonyl (C=O) groups is 1. The first-order valence-electron chi connectivity index (χ1n) is 8.46. The molecule has 0 bridgehead atoms. The molecule has 3 aromatic rings. The zero-order valence-electron chi connectivity index (χ0n) is 14.7. The molecule has 0 unspecified atom stereocenters. The summed E-state index contributed by atoms with van der Waals surface area (Å²) >= 11 is 15.2. The third-order valence-corrected chi connectivity index (χ3v) is 4.95. The number of carbonyl (C=O) groups excluding carboxylic acids is 1. The van der Waals surface area contributed by atoms with E-state index in [2.05, 4.69) is 26.6 Å². The van der Waals surface area contributed by atoms with Crippen LogP contribution in [0.15, 0.2) is 71.2 Å². The van der Waals surface area contributed by atoms with Gasteiger partial charge in [0.15, 0.2) is 6.61 Å². The van der Waals surface area contributed by atoms with Gasteiger partial charge in [0, 0.05) is 28.0 Å². The van der Waals surface area contributed by atoms with Crippen molar-refractivity contribution >= 4 is 56.4 Å². The van der Waals surface area contributed by atoms with Gasteiger partial charge in [0.1, 0.15) is 5.75 Å². The summed E-state index contributed by atoms with van der Waals surface area (Å²) in [5.41, 5.74) is 2.72. The summed E-state index contributed by atoms with van der Waals surface area (Å²) in [6, 6.07) is 20.2. The molecule has 7 heteroatoms. The van der Waals surface area contributed by atoms with Crippen molar-refractivity contribution in [1.29, 1.82) is 0 Å². The molecule has 1 amide bonds. The molecule has 0 radical (unpaired) electrons. The Morgan fingerprint density at radius 1 is 0.893 bits per heavy atom. The van der Waals surface area contributed by atoms with E-state index in [0.29, 0.717) is 28.0 Å². The van der Waals surface area contributed by atoms with E-state index in [-0.39, 0.29) is 12.5 Å². The molecule has 144 valence electrons. The highest BCUT2D eigenvalue weighted by molar-refractivity contribution is 9.10. The molecule has 0 atom stereocenters. The number of benzene rings is 3. The van der Waals surface area contributed by atoms with Crippen LogP contribution < -0.4 is 15.4 Å². The maximum absolute atomic E-state index is 12.0. The van der Waals surface area contributed by atoms with Gasteiger partial charge in [0.05, 0.1) is 4.47 Å². The number of halogens is 3. The lowest BCUT2D eigenvalue weighted by Gasteiger charge is -2.11. The van der Waals surface area contributed by atoms with E-state index in [1.54, 1.807) is 24.3 Å². The van der Waals surface area contributed by atoms with E-state index in [1.165, 1.54) is 0 Å². The van der Waals surface area contributed by atoms with Crippen LogP contribution in [0, 0.1) is 0 Å². The predicted molar refractivity (Wildman–Crippen MR) is 118 cm³/mol. The number of amides is 1. The summed E-state index contributed by atoms with van der Waals surface area (Å²) in [6.45, 7) is 0.557. The zero-order valence-corrected chi connectivity index (χ0v) is 17.8. The first-order chi connectivity index (χ1) is 13.5. The lowest BCUT2D eigenvalue weighted by Crippen LogP contribution is -2.20.